The molecule has 1 aliphatic heterocycles. The lowest BCUT2D eigenvalue weighted by atomic mass is 10.2. The van der Waals surface area contributed by atoms with Crippen LogP contribution in [0.2, 0.25) is 0 Å². The summed E-state index contributed by atoms with van der Waals surface area (Å²) in [7, 11) is 0. The largest absolute Gasteiger partial charge is 0.293 e. The highest BCUT2D eigenvalue weighted by atomic mass is 32.2. The van der Waals surface area contributed by atoms with Crippen molar-refractivity contribution < 1.29 is 4.79 Å². The Bertz CT molecular complexity index is 285. The first-order valence-corrected chi connectivity index (χ1v) is 3.97. The second kappa shape index (κ2) is 2.09. The predicted octanol–water partition coefficient (Wildman–Crippen LogP) is 1.37. The van der Waals surface area contributed by atoms with Crippen molar-refractivity contribution in [1.29, 1.82) is 0 Å². The normalized spacial score (nSPS) is 15.4. The molecule has 0 bridgehead atoms. The van der Waals surface area contributed by atoms with Crippen molar-refractivity contribution in [2.75, 3.05) is 5.75 Å². The molecule has 0 amide bonds. The standard InChI is InChI=1S/C7H5NOS/c9-6-4-10-7-5(6)2-1-3-8-7/h1-3H,4H2. The maximum Gasteiger partial charge on any atom is 0.175 e. The molecule has 3 heteroatoms. The van der Waals surface area contributed by atoms with Crippen LogP contribution < -0.4 is 0 Å². The monoisotopic (exact) mass is 151 g/mol. The number of fused-ring (bicyclic) bond motifs is 1. The second-order valence-corrected chi connectivity index (χ2v) is 3.03. The van der Waals surface area contributed by atoms with E-state index in [1.54, 1.807) is 12.3 Å². The quantitative estimate of drug-likeness (QED) is 0.561. The Morgan fingerprint density at radius 3 is 3.30 bits per heavy atom. The average molecular weight is 151 g/mol. The summed E-state index contributed by atoms with van der Waals surface area (Å²) in [5, 5.41) is 0.882. The van der Waals surface area contributed by atoms with Crippen LogP contribution in [0.15, 0.2) is 23.4 Å². The molecule has 10 heavy (non-hydrogen) atoms. The minimum absolute atomic E-state index is 0.202. The minimum atomic E-state index is 0.202. The topological polar surface area (TPSA) is 30.0 Å². The summed E-state index contributed by atoms with van der Waals surface area (Å²) in [6.07, 6.45) is 1.71. The summed E-state index contributed by atoms with van der Waals surface area (Å²) in [5.74, 6) is 0.764. The van der Waals surface area contributed by atoms with Gasteiger partial charge in [-0.2, -0.15) is 0 Å². The highest BCUT2D eigenvalue weighted by molar-refractivity contribution is 8.00. The molecule has 2 rings (SSSR count). The summed E-state index contributed by atoms with van der Waals surface area (Å²) >= 11 is 1.52. The zero-order chi connectivity index (χ0) is 6.97. The molecule has 1 aliphatic rings. The van der Waals surface area contributed by atoms with Crippen LogP contribution >= 0.6 is 11.8 Å². The SMILES string of the molecule is O=C1CSc2ncccc21. The van der Waals surface area contributed by atoms with E-state index in [9.17, 15) is 4.79 Å². The van der Waals surface area contributed by atoms with Crippen molar-refractivity contribution in [1.82, 2.24) is 4.98 Å². The van der Waals surface area contributed by atoms with Crippen LogP contribution in [0.1, 0.15) is 10.4 Å². The Labute approximate surface area is 62.7 Å². The van der Waals surface area contributed by atoms with Gasteiger partial charge >= 0.3 is 0 Å². The van der Waals surface area contributed by atoms with E-state index >= 15 is 0 Å². The summed E-state index contributed by atoms with van der Waals surface area (Å²) in [4.78, 5) is 15.1. The van der Waals surface area contributed by atoms with Gasteiger partial charge < -0.3 is 0 Å². The van der Waals surface area contributed by atoms with E-state index in [0.717, 1.165) is 10.6 Å². The molecule has 2 heterocycles. The molecular weight excluding hydrogens is 146 g/mol. The number of carbonyl (C=O) groups excluding carboxylic acids is 1. The highest BCUT2D eigenvalue weighted by Crippen LogP contribution is 2.27. The molecule has 0 N–H and O–H groups in total. The van der Waals surface area contributed by atoms with Gasteiger partial charge in [-0.1, -0.05) is 11.8 Å². The van der Waals surface area contributed by atoms with Gasteiger partial charge in [0.1, 0.15) is 5.03 Å². The fourth-order valence-electron chi connectivity index (χ4n) is 0.930. The first-order valence-electron chi connectivity index (χ1n) is 2.99. The van der Waals surface area contributed by atoms with Crippen molar-refractivity contribution in [2.45, 2.75) is 5.03 Å². The van der Waals surface area contributed by atoms with Gasteiger partial charge in [-0.25, -0.2) is 4.98 Å². The average Bonchev–Trinajstić information content (AvgIpc) is 2.34. The third-order valence-corrected chi connectivity index (χ3v) is 2.42. The Balaban J connectivity index is 2.61. The Morgan fingerprint density at radius 1 is 1.60 bits per heavy atom. The van der Waals surface area contributed by atoms with Crippen molar-refractivity contribution in [3.8, 4) is 0 Å². The number of pyridine rings is 1. The van der Waals surface area contributed by atoms with E-state index in [1.807, 2.05) is 6.07 Å². The molecule has 0 saturated heterocycles. The lowest BCUT2D eigenvalue weighted by molar-refractivity contribution is 0.102. The molecule has 2 nitrogen and oxygen atoms in total. The zero-order valence-electron chi connectivity index (χ0n) is 5.20. The molecule has 1 aromatic rings. The van der Waals surface area contributed by atoms with Gasteiger partial charge in [-0.3, -0.25) is 4.79 Å². The van der Waals surface area contributed by atoms with Gasteiger partial charge in [0.2, 0.25) is 0 Å². The number of rotatable bonds is 0. The van der Waals surface area contributed by atoms with Crippen LogP contribution in [0.3, 0.4) is 0 Å². The van der Waals surface area contributed by atoms with Crippen molar-refractivity contribution in [3.63, 3.8) is 0 Å². The molecule has 0 atom stereocenters. The lowest BCUT2D eigenvalue weighted by Crippen LogP contribution is -1.94. The van der Waals surface area contributed by atoms with Crippen molar-refractivity contribution in [2.24, 2.45) is 0 Å². The van der Waals surface area contributed by atoms with Crippen LogP contribution in [0.25, 0.3) is 0 Å². The van der Waals surface area contributed by atoms with Crippen LogP contribution in [-0.4, -0.2) is 16.5 Å². The van der Waals surface area contributed by atoms with Crippen LogP contribution in [-0.2, 0) is 0 Å². The minimum Gasteiger partial charge on any atom is -0.293 e. The van der Waals surface area contributed by atoms with E-state index in [0.29, 0.717) is 5.75 Å². The van der Waals surface area contributed by atoms with Crippen LogP contribution in [0, 0.1) is 0 Å². The van der Waals surface area contributed by atoms with E-state index in [1.165, 1.54) is 11.8 Å². The van der Waals surface area contributed by atoms with Crippen LogP contribution in [0.5, 0.6) is 0 Å². The zero-order valence-corrected chi connectivity index (χ0v) is 6.02. The Morgan fingerprint density at radius 2 is 2.50 bits per heavy atom. The molecule has 50 valence electrons. The molecule has 1 aromatic heterocycles. The second-order valence-electron chi connectivity index (χ2n) is 2.07. The maximum atomic E-state index is 11.0. The van der Waals surface area contributed by atoms with Crippen molar-refractivity contribution in [3.05, 3.63) is 23.9 Å². The number of ketones is 1. The van der Waals surface area contributed by atoms with E-state index in [4.69, 9.17) is 0 Å². The fraction of sp³-hybridized carbons (Fsp3) is 0.143. The maximum absolute atomic E-state index is 11.0. The van der Waals surface area contributed by atoms with Gasteiger partial charge in [0.15, 0.2) is 5.78 Å². The first-order chi connectivity index (χ1) is 4.88. The number of Topliss-reactive ketones (excluding diaryl/α,β-unsaturated/α-hetero) is 1. The lowest BCUT2D eigenvalue weighted by Gasteiger charge is -1.89. The van der Waals surface area contributed by atoms with Gasteiger partial charge in [0.25, 0.3) is 0 Å². The van der Waals surface area contributed by atoms with E-state index in [2.05, 4.69) is 4.98 Å². The molecule has 0 saturated carbocycles. The number of aromatic nitrogens is 1. The Hall–Kier alpha value is -0.830. The number of hydrogen-bond acceptors (Lipinski definition) is 3. The smallest absolute Gasteiger partial charge is 0.175 e. The highest BCUT2D eigenvalue weighted by Gasteiger charge is 2.19. The van der Waals surface area contributed by atoms with Gasteiger partial charge in [0.05, 0.1) is 11.3 Å². The molecule has 0 radical (unpaired) electrons. The molecule has 0 aliphatic carbocycles. The summed E-state index contributed by atoms with van der Waals surface area (Å²) in [6.45, 7) is 0. The van der Waals surface area contributed by atoms with Crippen molar-refractivity contribution >= 4 is 17.5 Å². The summed E-state index contributed by atoms with van der Waals surface area (Å²) in [5.41, 5.74) is 0.785. The number of thioether (sulfide) groups is 1. The summed E-state index contributed by atoms with van der Waals surface area (Å²) < 4.78 is 0. The third kappa shape index (κ3) is 0.743. The van der Waals surface area contributed by atoms with Gasteiger partial charge in [-0.15, -0.1) is 0 Å². The molecule has 0 spiro atoms. The molecule has 0 aromatic carbocycles. The van der Waals surface area contributed by atoms with E-state index in [-0.39, 0.29) is 5.78 Å². The summed E-state index contributed by atoms with van der Waals surface area (Å²) in [6, 6.07) is 3.62. The number of carbonyl (C=O) groups is 1. The predicted molar refractivity (Wildman–Crippen MR) is 39.3 cm³/mol. The third-order valence-electron chi connectivity index (χ3n) is 1.41. The van der Waals surface area contributed by atoms with Gasteiger partial charge in [-0.05, 0) is 12.1 Å². The van der Waals surface area contributed by atoms with Crippen LogP contribution in [0.4, 0.5) is 0 Å². The van der Waals surface area contributed by atoms with Gasteiger partial charge in [0, 0.05) is 6.20 Å². The first kappa shape index (κ1) is 5.92. The molecular formula is C7H5NOS. The number of hydrogen-bond donors (Lipinski definition) is 0. The van der Waals surface area contributed by atoms with E-state index < -0.39 is 0 Å². The molecule has 0 fully saturated rings. The number of nitrogens with zero attached hydrogens (tertiary/aromatic N) is 1. The fourth-order valence-corrected chi connectivity index (χ4v) is 1.83. The molecule has 0 unspecified atom stereocenters. The Kier molecular flexibility index (Phi) is 1.24.